The van der Waals surface area contributed by atoms with Crippen LogP contribution in [0.25, 0.3) is 0 Å². The molecule has 5 nitrogen and oxygen atoms in total. The Labute approximate surface area is 160 Å². The van der Waals surface area contributed by atoms with Crippen LogP contribution in [0, 0.1) is 0 Å². The summed E-state index contributed by atoms with van der Waals surface area (Å²) in [6.07, 6.45) is 2.33. The molecule has 27 heavy (non-hydrogen) atoms. The number of nitrogens with zero attached hydrogens (tertiary/aromatic N) is 2. The predicted molar refractivity (Wildman–Crippen MR) is 106 cm³/mol. The number of aryl methyl sites for hydroxylation is 1. The molecular formula is C22H25N3O2. The molecule has 1 N–H and O–H groups in total. The van der Waals surface area contributed by atoms with Gasteiger partial charge in [-0.2, -0.15) is 0 Å². The average molecular weight is 363 g/mol. The largest absolute Gasteiger partial charge is 0.334 e. The molecule has 2 heterocycles. The van der Waals surface area contributed by atoms with E-state index in [9.17, 15) is 9.59 Å². The second kappa shape index (κ2) is 7.43. The Kier molecular flexibility index (Phi) is 4.84. The van der Waals surface area contributed by atoms with E-state index < -0.39 is 0 Å². The standard InChI is InChI=1S/C22H25N3O2/c1-16(17-8-3-2-4-9-17)25-15-19(14-21(25)26)23-22(27)24-13-7-11-18-10-5-6-12-20(18)24/h2-6,8-10,12,16,19H,7,11,13-15H2,1H3,(H,23,27). The van der Waals surface area contributed by atoms with Crippen molar-refractivity contribution in [1.29, 1.82) is 0 Å². The van der Waals surface area contributed by atoms with Crippen LogP contribution in [0.4, 0.5) is 10.5 Å². The van der Waals surface area contributed by atoms with Crippen molar-refractivity contribution in [3.63, 3.8) is 0 Å². The maximum atomic E-state index is 12.9. The number of amides is 3. The molecule has 4 rings (SSSR count). The molecule has 2 aromatic rings. The van der Waals surface area contributed by atoms with Gasteiger partial charge in [-0.25, -0.2) is 4.79 Å². The fourth-order valence-corrected chi connectivity index (χ4v) is 4.11. The van der Waals surface area contributed by atoms with Crippen molar-refractivity contribution in [2.24, 2.45) is 0 Å². The van der Waals surface area contributed by atoms with Gasteiger partial charge in [-0.05, 0) is 37.0 Å². The van der Waals surface area contributed by atoms with Gasteiger partial charge in [0.05, 0.1) is 12.1 Å². The van der Waals surface area contributed by atoms with Crippen LogP contribution in [0.1, 0.15) is 36.9 Å². The third kappa shape index (κ3) is 3.54. The van der Waals surface area contributed by atoms with Crippen molar-refractivity contribution in [3.8, 4) is 0 Å². The molecule has 0 aromatic heterocycles. The molecule has 1 fully saturated rings. The Morgan fingerprint density at radius 3 is 2.67 bits per heavy atom. The molecule has 2 aliphatic rings. The first-order chi connectivity index (χ1) is 13.1. The number of hydrogen-bond donors (Lipinski definition) is 1. The monoisotopic (exact) mass is 363 g/mol. The van der Waals surface area contributed by atoms with Crippen LogP contribution in [0.3, 0.4) is 0 Å². The predicted octanol–water partition coefficient (Wildman–Crippen LogP) is 3.51. The maximum Gasteiger partial charge on any atom is 0.322 e. The van der Waals surface area contributed by atoms with Gasteiger partial charge in [0, 0.05) is 25.2 Å². The quantitative estimate of drug-likeness (QED) is 0.907. The van der Waals surface area contributed by atoms with Crippen LogP contribution in [0.2, 0.25) is 0 Å². The lowest BCUT2D eigenvalue weighted by atomic mass is 10.0. The van der Waals surface area contributed by atoms with Crippen molar-refractivity contribution < 1.29 is 9.59 Å². The third-order valence-electron chi connectivity index (χ3n) is 5.59. The molecule has 2 aromatic carbocycles. The first-order valence-corrected chi connectivity index (χ1v) is 9.64. The molecule has 0 radical (unpaired) electrons. The molecule has 0 bridgehead atoms. The number of urea groups is 1. The highest BCUT2D eigenvalue weighted by Crippen LogP contribution is 2.28. The molecule has 2 atom stereocenters. The molecule has 0 aliphatic carbocycles. The molecule has 5 heteroatoms. The van der Waals surface area contributed by atoms with Crippen molar-refractivity contribution in [1.82, 2.24) is 10.2 Å². The van der Waals surface area contributed by atoms with Gasteiger partial charge in [0.15, 0.2) is 0 Å². The minimum absolute atomic E-state index is 0.0105. The lowest BCUT2D eigenvalue weighted by Crippen LogP contribution is -2.47. The van der Waals surface area contributed by atoms with E-state index in [1.807, 2.05) is 65.3 Å². The third-order valence-corrected chi connectivity index (χ3v) is 5.59. The fourth-order valence-electron chi connectivity index (χ4n) is 4.11. The average Bonchev–Trinajstić information content (AvgIpc) is 3.07. The summed E-state index contributed by atoms with van der Waals surface area (Å²) in [5, 5.41) is 3.08. The zero-order valence-corrected chi connectivity index (χ0v) is 15.6. The second-order valence-electron chi connectivity index (χ2n) is 7.37. The maximum absolute atomic E-state index is 12.9. The SMILES string of the molecule is CC(c1ccccc1)N1CC(NC(=O)N2CCCc3ccccc32)CC1=O. The number of anilines is 1. The molecule has 2 aliphatic heterocycles. The summed E-state index contributed by atoms with van der Waals surface area (Å²) in [4.78, 5) is 29.0. The van der Waals surface area contributed by atoms with Crippen LogP contribution in [0.15, 0.2) is 54.6 Å². The number of carbonyl (C=O) groups is 2. The van der Waals surface area contributed by atoms with Crippen molar-refractivity contribution in [2.45, 2.75) is 38.3 Å². The fraction of sp³-hybridized carbons (Fsp3) is 0.364. The van der Waals surface area contributed by atoms with Gasteiger partial charge in [0.2, 0.25) is 5.91 Å². The summed E-state index contributed by atoms with van der Waals surface area (Å²) in [5.41, 5.74) is 3.31. The topological polar surface area (TPSA) is 52.7 Å². The minimum Gasteiger partial charge on any atom is -0.334 e. The number of benzene rings is 2. The van der Waals surface area contributed by atoms with Gasteiger partial charge in [0.1, 0.15) is 0 Å². The van der Waals surface area contributed by atoms with Crippen LogP contribution in [-0.4, -0.2) is 36.0 Å². The van der Waals surface area contributed by atoms with E-state index in [4.69, 9.17) is 0 Å². The number of rotatable bonds is 3. The van der Waals surface area contributed by atoms with Crippen molar-refractivity contribution >= 4 is 17.6 Å². The lowest BCUT2D eigenvalue weighted by molar-refractivity contribution is -0.129. The molecule has 1 saturated heterocycles. The van der Waals surface area contributed by atoms with E-state index in [1.165, 1.54) is 5.56 Å². The minimum atomic E-state index is -0.148. The Hall–Kier alpha value is -2.82. The zero-order chi connectivity index (χ0) is 18.8. The van der Waals surface area contributed by atoms with Gasteiger partial charge in [-0.15, -0.1) is 0 Å². The number of hydrogen-bond acceptors (Lipinski definition) is 2. The highest BCUT2D eigenvalue weighted by atomic mass is 16.2. The van der Waals surface area contributed by atoms with E-state index in [-0.39, 0.29) is 24.0 Å². The highest BCUT2D eigenvalue weighted by Gasteiger charge is 2.35. The smallest absolute Gasteiger partial charge is 0.322 e. The molecule has 3 amide bonds. The molecule has 2 unspecified atom stereocenters. The van der Waals surface area contributed by atoms with Crippen LogP contribution < -0.4 is 10.2 Å². The van der Waals surface area contributed by atoms with Gasteiger partial charge in [-0.1, -0.05) is 48.5 Å². The Morgan fingerprint density at radius 1 is 1.11 bits per heavy atom. The van der Waals surface area contributed by atoms with Crippen molar-refractivity contribution in [3.05, 3.63) is 65.7 Å². The van der Waals surface area contributed by atoms with Gasteiger partial charge in [-0.3, -0.25) is 9.69 Å². The summed E-state index contributed by atoms with van der Waals surface area (Å²) >= 11 is 0. The van der Waals surface area contributed by atoms with E-state index in [1.54, 1.807) is 0 Å². The summed E-state index contributed by atoms with van der Waals surface area (Å²) < 4.78 is 0. The summed E-state index contributed by atoms with van der Waals surface area (Å²) in [6, 6.07) is 17.8. The molecule has 0 saturated carbocycles. The first-order valence-electron chi connectivity index (χ1n) is 9.64. The van der Waals surface area contributed by atoms with Crippen LogP contribution >= 0.6 is 0 Å². The first kappa shape index (κ1) is 17.6. The van der Waals surface area contributed by atoms with Crippen molar-refractivity contribution in [2.75, 3.05) is 18.0 Å². The van der Waals surface area contributed by atoms with Gasteiger partial charge >= 0.3 is 6.03 Å². The summed E-state index contributed by atoms with van der Waals surface area (Å²) in [5.74, 6) is 0.0932. The van der Waals surface area contributed by atoms with E-state index >= 15 is 0 Å². The second-order valence-corrected chi connectivity index (χ2v) is 7.37. The number of nitrogens with one attached hydrogen (secondary N) is 1. The normalized spacial score (nSPS) is 20.3. The summed E-state index contributed by atoms with van der Waals surface area (Å²) in [6.45, 7) is 3.31. The lowest BCUT2D eigenvalue weighted by Gasteiger charge is -2.31. The van der Waals surface area contributed by atoms with Gasteiger partial charge in [0.25, 0.3) is 0 Å². The number of fused-ring (bicyclic) bond motifs is 1. The van der Waals surface area contributed by atoms with E-state index in [0.717, 1.165) is 24.1 Å². The number of likely N-dealkylation sites (tertiary alicyclic amines) is 1. The zero-order valence-electron chi connectivity index (χ0n) is 15.6. The van der Waals surface area contributed by atoms with E-state index in [0.29, 0.717) is 19.5 Å². The molecule has 140 valence electrons. The number of para-hydroxylation sites is 1. The number of carbonyl (C=O) groups excluding carboxylic acids is 2. The van der Waals surface area contributed by atoms with Crippen LogP contribution in [-0.2, 0) is 11.2 Å². The van der Waals surface area contributed by atoms with Crippen LogP contribution in [0.5, 0.6) is 0 Å². The molecule has 0 spiro atoms. The Bertz CT molecular complexity index is 836. The van der Waals surface area contributed by atoms with Gasteiger partial charge < -0.3 is 10.2 Å². The van der Waals surface area contributed by atoms with E-state index in [2.05, 4.69) is 11.4 Å². The Morgan fingerprint density at radius 2 is 1.85 bits per heavy atom. The summed E-state index contributed by atoms with van der Waals surface area (Å²) in [7, 11) is 0. The molecular weight excluding hydrogens is 338 g/mol. The Balaban J connectivity index is 1.42. The highest BCUT2D eigenvalue weighted by molar-refractivity contribution is 5.94.